The van der Waals surface area contributed by atoms with Crippen LogP contribution in [0.15, 0.2) is 65.6 Å². The fourth-order valence-electron chi connectivity index (χ4n) is 2.26. The van der Waals surface area contributed by atoms with Crippen LogP contribution in [0, 0.1) is 0 Å². The lowest BCUT2D eigenvalue weighted by atomic mass is 10.1. The maximum absolute atomic E-state index is 12.6. The summed E-state index contributed by atoms with van der Waals surface area (Å²) in [5, 5.41) is 4.78. The van der Waals surface area contributed by atoms with Gasteiger partial charge in [-0.15, -0.1) is 0 Å². The van der Waals surface area contributed by atoms with Crippen molar-refractivity contribution in [1.82, 2.24) is 9.89 Å². The monoisotopic (exact) mass is 429 g/mol. The van der Waals surface area contributed by atoms with E-state index in [1.165, 1.54) is 12.1 Å². The van der Waals surface area contributed by atoms with Crippen LogP contribution in [0.2, 0.25) is 5.02 Å². The van der Waals surface area contributed by atoms with Crippen LogP contribution in [0.3, 0.4) is 0 Å². The molecular weight excluding hydrogens is 417 g/mol. The summed E-state index contributed by atoms with van der Waals surface area (Å²) in [4.78, 5) is 3.69. The molecule has 1 aromatic heterocycles. The van der Waals surface area contributed by atoms with E-state index in [1.54, 1.807) is 55.5 Å². The summed E-state index contributed by atoms with van der Waals surface area (Å²) in [5.74, 6) is 0. The zero-order chi connectivity index (χ0) is 18.9. The van der Waals surface area contributed by atoms with Gasteiger partial charge in [0, 0.05) is 10.6 Å². The first-order chi connectivity index (χ1) is 12.2. The van der Waals surface area contributed by atoms with E-state index in [4.69, 9.17) is 34.8 Å². The minimum atomic E-state index is -3.85. The molecule has 0 aliphatic carbocycles. The number of sulfonamides is 1. The Hall–Kier alpha value is -1.73. The molecule has 3 aromatic rings. The third kappa shape index (κ3) is 4.15. The molecule has 0 saturated heterocycles. The van der Waals surface area contributed by atoms with Crippen molar-refractivity contribution in [3.63, 3.8) is 0 Å². The topological polar surface area (TPSA) is 64.0 Å². The zero-order valence-electron chi connectivity index (χ0n) is 13.5. The maximum atomic E-state index is 12.6. The second-order valence-electron chi connectivity index (χ2n) is 5.63. The Bertz CT molecular complexity index is 1010. The second kappa shape index (κ2) is 7.12. The normalized spacial score (nSPS) is 12.2. The fourth-order valence-corrected chi connectivity index (χ4v) is 3.56. The number of nitrogens with one attached hydrogen (secondary N) is 1. The Morgan fingerprint density at radius 1 is 1.04 bits per heavy atom. The number of alkyl halides is 2. The summed E-state index contributed by atoms with van der Waals surface area (Å²) in [7, 11) is -3.85. The van der Waals surface area contributed by atoms with Crippen molar-refractivity contribution >= 4 is 44.8 Å². The van der Waals surface area contributed by atoms with Crippen molar-refractivity contribution in [3.8, 4) is 11.3 Å². The van der Waals surface area contributed by atoms with Crippen molar-refractivity contribution in [1.29, 1.82) is 0 Å². The Kier molecular flexibility index (Phi) is 5.21. The molecule has 2 aromatic carbocycles. The van der Waals surface area contributed by atoms with Crippen molar-refractivity contribution in [2.75, 3.05) is 4.83 Å². The molecule has 0 fully saturated rings. The van der Waals surface area contributed by atoms with Gasteiger partial charge in [0.1, 0.15) is 5.69 Å². The maximum Gasteiger partial charge on any atom is 0.276 e. The van der Waals surface area contributed by atoms with Crippen LogP contribution in [0.5, 0.6) is 0 Å². The van der Waals surface area contributed by atoms with Crippen LogP contribution < -0.4 is 4.83 Å². The average molecular weight is 431 g/mol. The van der Waals surface area contributed by atoms with Crippen molar-refractivity contribution in [2.45, 2.75) is 16.2 Å². The summed E-state index contributed by atoms with van der Waals surface area (Å²) < 4.78 is 24.0. The standard InChI is InChI=1S/C17H14Cl3N3O2S/c1-17(19,20)16-11-15(12-7-9-13(18)10-8-12)23(21-16)22-26(24,25)14-5-3-2-4-6-14/h2-11,22H,1H3. The van der Waals surface area contributed by atoms with E-state index in [9.17, 15) is 8.42 Å². The van der Waals surface area contributed by atoms with Gasteiger partial charge in [0.2, 0.25) is 0 Å². The molecule has 0 atom stereocenters. The smallest absolute Gasteiger partial charge is 0.200 e. The van der Waals surface area contributed by atoms with E-state index in [0.717, 1.165) is 4.79 Å². The van der Waals surface area contributed by atoms with Gasteiger partial charge in [0.25, 0.3) is 10.0 Å². The molecule has 0 saturated carbocycles. The van der Waals surface area contributed by atoms with Gasteiger partial charge >= 0.3 is 0 Å². The molecule has 0 aliphatic heterocycles. The predicted molar refractivity (Wildman–Crippen MR) is 105 cm³/mol. The van der Waals surface area contributed by atoms with Crippen molar-refractivity contribution in [2.24, 2.45) is 0 Å². The van der Waals surface area contributed by atoms with E-state index in [1.807, 2.05) is 0 Å². The van der Waals surface area contributed by atoms with E-state index < -0.39 is 14.4 Å². The van der Waals surface area contributed by atoms with E-state index >= 15 is 0 Å². The van der Waals surface area contributed by atoms with Gasteiger partial charge in [-0.3, -0.25) is 0 Å². The minimum absolute atomic E-state index is 0.110. The Labute approximate surface area is 166 Å². The molecule has 3 rings (SSSR count). The third-order valence-corrected chi connectivity index (χ3v) is 5.50. The lowest BCUT2D eigenvalue weighted by molar-refractivity contribution is 0.591. The highest BCUT2D eigenvalue weighted by Crippen LogP contribution is 2.34. The highest BCUT2D eigenvalue weighted by Gasteiger charge is 2.27. The summed E-state index contributed by atoms with van der Waals surface area (Å²) in [5.41, 5.74) is 1.48. The number of halogens is 3. The molecule has 5 nitrogen and oxygen atoms in total. The highest BCUT2D eigenvalue weighted by molar-refractivity contribution is 7.92. The van der Waals surface area contributed by atoms with E-state index in [2.05, 4.69) is 9.93 Å². The van der Waals surface area contributed by atoms with E-state index in [-0.39, 0.29) is 4.90 Å². The number of hydrogen-bond acceptors (Lipinski definition) is 3. The van der Waals surface area contributed by atoms with Crippen LogP contribution >= 0.6 is 34.8 Å². The molecule has 0 spiro atoms. The third-order valence-electron chi connectivity index (χ3n) is 3.56. The number of aromatic nitrogens is 2. The summed E-state index contributed by atoms with van der Waals surface area (Å²) in [6.07, 6.45) is 0. The van der Waals surface area contributed by atoms with Gasteiger partial charge in [0.05, 0.1) is 10.6 Å². The molecule has 1 heterocycles. The van der Waals surface area contributed by atoms with Crippen LogP contribution in [0.4, 0.5) is 0 Å². The fraction of sp³-hybridized carbons (Fsp3) is 0.118. The lowest BCUT2D eigenvalue weighted by Gasteiger charge is -2.12. The summed E-state index contributed by atoms with van der Waals surface area (Å²) >= 11 is 18.2. The molecule has 1 N–H and O–H groups in total. The molecule has 0 bridgehead atoms. The molecule has 0 aliphatic rings. The second-order valence-corrected chi connectivity index (χ2v) is 9.43. The largest absolute Gasteiger partial charge is 0.276 e. The first-order valence-corrected chi connectivity index (χ1v) is 10.1. The predicted octanol–water partition coefficient (Wildman–Crippen LogP) is 4.79. The van der Waals surface area contributed by atoms with Crippen molar-refractivity contribution in [3.05, 3.63) is 71.4 Å². The molecule has 9 heteroatoms. The molecule has 0 radical (unpaired) electrons. The molecule has 0 unspecified atom stereocenters. The first-order valence-electron chi connectivity index (χ1n) is 7.49. The number of rotatable bonds is 5. The molecule has 0 amide bonds. The van der Waals surface area contributed by atoms with Gasteiger partial charge in [-0.2, -0.15) is 23.1 Å². The first kappa shape index (κ1) is 19.0. The average Bonchev–Trinajstić information content (AvgIpc) is 3.00. The Morgan fingerprint density at radius 3 is 2.23 bits per heavy atom. The zero-order valence-corrected chi connectivity index (χ0v) is 16.6. The van der Waals surface area contributed by atoms with Gasteiger partial charge in [0.15, 0.2) is 4.33 Å². The summed E-state index contributed by atoms with van der Waals surface area (Å²) in [6, 6.07) is 16.5. The lowest BCUT2D eigenvalue weighted by Crippen LogP contribution is -2.25. The molecule has 26 heavy (non-hydrogen) atoms. The number of benzene rings is 2. The Morgan fingerprint density at radius 2 is 1.65 bits per heavy atom. The van der Waals surface area contributed by atoms with E-state index in [0.29, 0.717) is 22.0 Å². The van der Waals surface area contributed by atoms with Gasteiger partial charge in [-0.25, -0.2) is 0 Å². The summed E-state index contributed by atoms with van der Waals surface area (Å²) in [6.45, 7) is 1.56. The van der Waals surface area contributed by atoms with Crippen LogP contribution in [0.25, 0.3) is 11.3 Å². The van der Waals surface area contributed by atoms with Crippen LogP contribution in [-0.2, 0) is 14.4 Å². The highest BCUT2D eigenvalue weighted by atomic mass is 35.5. The van der Waals surface area contributed by atoms with Gasteiger partial charge < -0.3 is 0 Å². The van der Waals surface area contributed by atoms with Crippen LogP contribution in [-0.4, -0.2) is 18.3 Å². The van der Waals surface area contributed by atoms with Crippen molar-refractivity contribution < 1.29 is 8.42 Å². The number of nitrogens with zero attached hydrogens (tertiary/aromatic N) is 2. The molecule has 136 valence electrons. The van der Waals surface area contributed by atoms with Gasteiger partial charge in [-0.1, -0.05) is 65.1 Å². The molecular formula is C17H14Cl3N3O2S. The van der Waals surface area contributed by atoms with Gasteiger partial charge in [-0.05, 0) is 37.3 Å². The quantitative estimate of drug-likeness (QED) is 0.592. The van der Waals surface area contributed by atoms with Crippen LogP contribution in [0.1, 0.15) is 12.6 Å². The minimum Gasteiger partial charge on any atom is -0.200 e. The Balaban J connectivity index is 2.08. The number of hydrogen-bond donors (Lipinski definition) is 1. The SMILES string of the molecule is CC(Cl)(Cl)c1cc(-c2ccc(Cl)cc2)n(NS(=O)(=O)c2ccccc2)n1.